The maximum atomic E-state index is 7.33. The van der Waals surface area contributed by atoms with Crippen LogP contribution in [0, 0.1) is 0 Å². The van der Waals surface area contributed by atoms with Crippen molar-refractivity contribution in [2.24, 2.45) is 0 Å². The highest BCUT2D eigenvalue weighted by molar-refractivity contribution is 4.38. The molecule has 0 aliphatic rings. The summed E-state index contributed by atoms with van der Waals surface area (Å²) in [6, 6.07) is 0. The summed E-state index contributed by atoms with van der Waals surface area (Å²) in [5.74, 6) is 0. The minimum Gasteiger partial charge on any atom is -0.516 e. The van der Waals surface area contributed by atoms with E-state index in [0.29, 0.717) is 0 Å². The van der Waals surface area contributed by atoms with Crippen molar-refractivity contribution in [2.45, 2.75) is 0 Å². The van der Waals surface area contributed by atoms with Gasteiger partial charge in [-0.25, -0.2) is 0 Å². The summed E-state index contributed by atoms with van der Waals surface area (Å²) in [7, 11) is 0. The highest BCUT2D eigenvalue weighted by Gasteiger charge is 1.11. The number of rotatable bonds is 0. The van der Waals surface area contributed by atoms with Crippen molar-refractivity contribution in [3.8, 4) is 0 Å². The molecule has 5 heavy (non-hydrogen) atoms. The zero-order chi connectivity index (χ0) is 4.71. The van der Waals surface area contributed by atoms with Crippen LogP contribution in [0.3, 0.4) is 0 Å². The van der Waals surface area contributed by atoms with Gasteiger partial charge in [-0.05, 0) is 0 Å². The smallest absolute Gasteiger partial charge is 0.0719 e. The van der Waals surface area contributed by atoms with Crippen LogP contribution in [0.25, 0.3) is 0 Å². The van der Waals surface area contributed by atoms with Crippen LogP contribution in [0.4, 0.5) is 0 Å². The lowest BCUT2D eigenvalue weighted by molar-refractivity contribution is 0.476. The second-order valence-electron chi connectivity index (χ2n) is 0.183. The molecule has 0 fully saturated rings. The monoisotopic (exact) mass is 72.1 g/mol. The standard InChI is InChI=1S/C2H4O.C2H4/c1-2-3;1-2/h2-3H,1H2;1-2H2. The van der Waals surface area contributed by atoms with E-state index in [9.17, 15) is 0 Å². The predicted molar refractivity (Wildman–Crippen MR) is 24.1 cm³/mol. The van der Waals surface area contributed by atoms with E-state index in [1.54, 1.807) is 0 Å². The van der Waals surface area contributed by atoms with Crippen LogP contribution in [0.5, 0.6) is 0 Å². The molecule has 0 aromatic rings. The Morgan fingerprint density at radius 2 is 1.40 bits per heavy atom. The Labute approximate surface area is 32.3 Å². The summed E-state index contributed by atoms with van der Waals surface area (Å²) in [4.78, 5) is 0. The Hall–Kier alpha value is -0.720. The van der Waals surface area contributed by atoms with Gasteiger partial charge in [-0.1, -0.05) is 6.58 Å². The quantitative estimate of drug-likeness (QED) is 0.339. The van der Waals surface area contributed by atoms with Gasteiger partial charge in [0.25, 0.3) is 0 Å². The van der Waals surface area contributed by atoms with E-state index in [4.69, 9.17) is 5.11 Å². The van der Waals surface area contributed by atoms with E-state index in [2.05, 4.69) is 19.7 Å². The van der Waals surface area contributed by atoms with E-state index >= 15 is 0 Å². The van der Waals surface area contributed by atoms with Crippen molar-refractivity contribution in [1.29, 1.82) is 0 Å². The van der Waals surface area contributed by atoms with Crippen LogP contribution in [-0.2, 0) is 0 Å². The summed E-state index contributed by atoms with van der Waals surface area (Å²) in [6.07, 6.45) is 0.750. The first-order valence-electron chi connectivity index (χ1n) is 1.17. The average Bonchev–Trinajstić information content (AvgIpc) is 1.46. The Bertz CT molecular complexity index is 17.6. The number of aliphatic hydroxyl groups is 1. The van der Waals surface area contributed by atoms with Crippen molar-refractivity contribution in [3.05, 3.63) is 26.0 Å². The molecule has 1 N–H and O–H groups in total. The fourth-order valence-corrected chi connectivity index (χ4v) is 0. The van der Waals surface area contributed by atoms with Gasteiger partial charge >= 0.3 is 0 Å². The summed E-state index contributed by atoms with van der Waals surface area (Å²) in [6.45, 7) is 8.92. The van der Waals surface area contributed by atoms with Gasteiger partial charge in [0.1, 0.15) is 0 Å². The molecule has 0 unspecified atom stereocenters. The van der Waals surface area contributed by atoms with Crippen LogP contribution >= 0.6 is 0 Å². The predicted octanol–water partition coefficient (Wildman–Crippen LogP) is 1.49. The minimum absolute atomic E-state index is 0.750. The van der Waals surface area contributed by atoms with Gasteiger partial charge in [-0.2, -0.15) is 0 Å². The topological polar surface area (TPSA) is 20.2 Å². The van der Waals surface area contributed by atoms with Crippen molar-refractivity contribution >= 4 is 0 Å². The van der Waals surface area contributed by atoms with E-state index in [0.717, 1.165) is 6.26 Å². The first-order valence-corrected chi connectivity index (χ1v) is 1.17. The third kappa shape index (κ3) is 10.4. The van der Waals surface area contributed by atoms with Gasteiger partial charge in [-0.15, -0.1) is 13.2 Å². The fourth-order valence-electron chi connectivity index (χ4n) is 0. The van der Waals surface area contributed by atoms with Crippen molar-refractivity contribution in [1.82, 2.24) is 0 Å². The molecular weight excluding hydrogens is 64.0 g/mol. The Kier molecular flexibility index (Phi) is 385. The highest BCUT2D eigenvalue weighted by Crippen LogP contribution is 1.26. The maximum Gasteiger partial charge on any atom is 0.0719 e. The average molecular weight is 72.1 g/mol. The van der Waals surface area contributed by atoms with Gasteiger partial charge in [0.15, 0.2) is 0 Å². The Morgan fingerprint density at radius 3 is 1.40 bits per heavy atom. The van der Waals surface area contributed by atoms with E-state index in [1.807, 2.05) is 0 Å². The molecule has 0 aromatic heterocycles. The third-order valence-electron chi connectivity index (χ3n) is 0. The fraction of sp³-hybridized carbons (Fsp3) is 0. The molecule has 0 spiro atoms. The Balaban J connectivity index is 0. The molecule has 0 saturated heterocycles. The number of hydrogen-bond donors (Lipinski definition) is 1. The second kappa shape index (κ2) is 217. The molecule has 0 aromatic carbocycles. The lowest BCUT2D eigenvalue weighted by atomic mass is 11.2. The summed E-state index contributed by atoms with van der Waals surface area (Å²) < 4.78 is 0. The van der Waals surface area contributed by atoms with Gasteiger partial charge in [0, 0.05) is 0 Å². The minimum atomic E-state index is 0.750. The molecule has 0 aliphatic heterocycles. The highest BCUT2D eigenvalue weighted by atomic mass is 16.2. The van der Waals surface area contributed by atoms with E-state index in [-0.39, 0.29) is 0 Å². The SMILES string of the molecule is C=C.C=CO. The molecule has 0 radical (unpaired) electrons. The first-order chi connectivity index (χ1) is 2.41. The van der Waals surface area contributed by atoms with Gasteiger partial charge in [-0.3, -0.25) is 0 Å². The molecule has 0 bridgehead atoms. The molecule has 1 nitrogen and oxygen atoms in total. The van der Waals surface area contributed by atoms with Crippen molar-refractivity contribution < 1.29 is 5.11 Å². The maximum absolute atomic E-state index is 7.33. The molecule has 0 atom stereocenters. The summed E-state index contributed by atoms with van der Waals surface area (Å²) >= 11 is 0. The molecule has 0 amide bonds. The molecule has 0 aliphatic carbocycles. The lowest BCUT2D eigenvalue weighted by Crippen LogP contribution is -1.25. The zero-order valence-corrected chi connectivity index (χ0v) is 3.15. The molecule has 0 rings (SSSR count). The Morgan fingerprint density at radius 1 is 1.40 bits per heavy atom. The van der Waals surface area contributed by atoms with Crippen molar-refractivity contribution in [2.75, 3.05) is 0 Å². The largest absolute Gasteiger partial charge is 0.516 e. The van der Waals surface area contributed by atoms with Gasteiger partial charge < -0.3 is 5.11 Å². The summed E-state index contributed by atoms with van der Waals surface area (Å²) in [5, 5.41) is 7.33. The summed E-state index contributed by atoms with van der Waals surface area (Å²) in [5.41, 5.74) is 0. The molecule has 0 saturated carbocycles. The van der Waals surface area contributed by atoms with Gasteiger partial charge in [0.2, 0.25) is 0 Å². The van der Waals surface area contributed by atoms with Crippen molar-refractivity contribution in [3.63, 3.8) is 0 Å². The van der Waals surface area contributed by atoms with Crippen LogP contribution in [0.1, 0.15) is 0 Å². The lowest BCUT2D eigenvalue weighted by Gasteiger charge is -1.41. The second-order valence-corrected chi connectivity index (χ2v) is 0.183. The van der Waals surface area contributed by atoms with Crippen LogP contribution < -0.4 is 0 Å². The zero-order valence-electron chi connectivity index (χ0n) is 3.15. The van der Waals surface area contributed by atoms with E-state index < -0.39 is 0 Å². The number of hydrogen-bond acceptors (Lipinski definition) is 1. The molecular formula is C4H8O. The normalized spacial score (nSPS) is 3.20. The van der Waals surface area contributed by atoms with E-state index in [1.165, 1.54) is 0 Å². The van der Waals surface area contributed by atoms with Crippen LogP contribution in [0.2, 0.25) is 0 Å². The third-order valence-corrected chi connectivity index (χ3v) is 0. The molecule has 30 valence electrons. The first kappa shape index (κ1) is 8.86. The number of aliphatic hydroxyl groups excluding tert-OH is 1. The molecule has 0 heterocycles. The molecule has 1 heteroatoms. The van der Waals surface area contributed by atoms with Gasteiger partial charge in [0.05, 0.1) is 6.26 Å². The van der Waals surface area contributed by atoms with Crippen LogP contribution in [-0.4, -0.2) is 5.11 Å². The van der Waals surface area contributed by atoms with Crippen LogP contribution in [0.15, 0.2) is 26.0 Å².